The number of hydrogen-bond acceptors (Lipinski definition) is 7. The number of nitrogens with zero attached hydrogens (tertiary/aromatic N) is 4. The van der Waals surface area contributed by atoms with Crippen LogP contribution in [0.25, 0.3) is 10.7 Å². The van der Waals surface area contributed by atoms with Gasteiger partial charge in [-0.25, -0.2) is 0 Å². The van der Waals surface area contributed by atoms with Gasteiger partial charge in [0.1, 0.15) is 0 Å². The summed E-state index contributed by atoms with van der Waals surface area (Å²) in [7, 11) is 0. The predicted octanol–water partition coefficient (Wildman–Crippen LogP) is 1.83. The van der Waals surface area contributed by atoms with Gasteiger partial charge in [0.2, 0.25) is 17.6 Å². The third kappa shape index (κ3) is 3.97. The number of aromatic nitrogens is 2. The van der Waals surface area contributed by atoms with Crippen molar-refractivity contribution >= 4 is 17.2 Å². The number of nitrogens with one attached hydrogen (secondary N) is 1. The zero-order chi connectivity index (χ0) is 17.9. The molecule has 0 aliphatic carbocycles. The first kappa shape index (κ1) is 17.6. The molecule has 1 amide bonds. The maximum Gasteiger partial charge on any atom is 0.241 e. The summed E-state index contributed by atoms with van der Waals surface area (Å²) in [5.41, 5.74) is 0. The lowest BCUT2D eigenvalue weighted by Crippen LogP contribution is -2.51. The van der Waals surface area contributed by atoms with Crippen molar-refractivity contribution in [1.82, 2.24) is 25.3 Å². The predicted molar refractivity (Wildman–Crippen MR) is 99.7 cm³/mol. The van der Waals surface area contributed by atoms with E-state index in [4.69, 9.17) is 4.52 Å². The van der Waals surface area contributed by atoms with Crippen LogP contribution in [0, 0.1) is 5.92 Å². The van der Waals surface area contributed by atoms with Crippen molar-refractivity contribution in [1.29, 1.82) is 0 Å². The number of carbonyl (C=O) groups is 1. The van der Waals surface area contributed by atoms with Gasteiger partial charge in [-0.15, -0.1) is 11.3 Å². The summed E-state index contributed by atoms with van der Waals surface area (Å²) in [5, 5.41) is 9.48. The highest BCUT2D eigenvalue weighted by molar-refractivity contribution is 7.13. The molecule has 0 spiro atoms. The second-order valence-corrected chi connectivity index (χ2v) is 8.11. The van der Waals surface area contributed by atoms with Crippen LogP contribution in [0.15, 0.2) is 22.0 Å². The zero-order valence-corrected chi connectivity index (χ0v) is 15.9. The number of piperidine rings is 1. The van der Waals surface area contributed by atoms with Crippen LogP contribution in [0.2, 0.25) is 0 Å². The standard InChI is InChI=1S/C18H25N5O2S/c1-13-11-14(4-5-19-13)18(24)23-8-6-22(7-9-23)12-16-20-17(21-25-16)15-3-2-10-26-15/h2-3,10,13-14,19H,4-9,11-12H2,1H3/t13-,14-/m0/s1. The average Bonchev–Trinajstić information content (AvgIpc) is 3.33. The van der Waals surface area contributed by atoms with Gasteiger partial charge in [-0.3, -0.25) is 9.69 Å². The van der Waals surface area contributed by atoms with Gasteiger partial charge in [0.05, 0.1) is 11.4 Å². The van der Waals surface area contributed by atoms with Gasteiger partial charge in [-0.1, -0.05) is 11.2 Å². The van der Waals surface area contributed by atoms with E-state index in [-0.39, 0.29) is 5.92 Å². The fourth-order valence-electron chi connectivity index (χ4n) is 3.76. The van der Waals surface area contributed by atoms with Gasteiger partial charge in [0.25, 0.3) is 0 Å². The van der Waals surface area contributed by atoms with E-state index < -0.39 is 0 Å². The number of piperazine rings is 1. The number of rotatable bonds is 4. The van der Waals surface area contributed by atoms with Gasteiger partial charge in [-0.2, -0.15) is 4.98 Å². The molecule has 4 heterocycles. The Labute approximate surface area is 157 Å². The molecule has 0 unspecified atom stereocenters. The largest absolute Gasteiger partial charge is 0.340 e. The van der Waals surface area contributed by atoms with Crippen molar-refractivity contribution in [3.8, 4) is 10.7 Å². The zero-order valence-electron chi connectivity index (χ0n) is 15.1. The molecular formula is C18H25N5O2S. The number of hydrogen-bond donors (Lipinski definition) is 1. The number of amides is 1. The van der Waals surface area contributed by atoms with E-state index in [1.54, 1.807) is 11.3 Å². The number of carbonyl (C=O) groups excluding carboxylic acids is 1. The molecule has 7 nitrogen and oxygen atoms in total. The van der Waals surface area contributed by atoms with Crippen LogP contribution in [0.5, 0.6) is 0 Å². The molecule has 0 bridgehead atoms. The Kier molecular flexibility index (Phi) is 5.33. The highest BCUT2D eigenvalue weighted by Crippen LogP contribution is 2.22. The molecule has 2 aromatic heterocycles. The van der Waals surface area contributed by atoms with Crippen LogP contribution >= 0.6 is 11.3 Å². The minimum absolute atomic E-state index is 0.182. The van der Waals surface area contributed by atoms with E-state index in [1.807, 2.05) is 22.4 Å². The van der Waals surface area contributed by atoms with Gasteiger partial charge in [-0.05, 0) is 37.8 Å². The molecule has 2 aliphatic heterocycles. The normalized spacial score (nSPS) is 24.7. The summed E-state index contributed by atoms with van der Waals surface area (Å²) in [6, 6.07) is 4.41. The Morgan fingerprint density at radius 2 is 2.23 bits per heavy atom. The second-order valence-electron chi connectivity index (χ2n) is 7.17. The van der Waals surface area contributed by atoms with E-state index in [9.17, 15) is 4.79 Å². The van der Waals surface area contributed by atoms with Crippen LogP contribution in [-0.4, -0.2) is 64.6 Å². The van der Waals surface area contributed by atoms with Gasteiger partial charge in [0, 0.05) is 38.1 Å². The SMILES string of the molecule is C[C@H]1C[C@@H](C(=O)N2CCN(Cc3nc(-c4cccs4)no3)CC2)CCN1. The maximum atomic E-state index is 12.7. The van der Waals surface area contributed by atoms with Crippen molar-refractivity contribution in [3.63, 3.8) is 0 Å². The summed E-state index contributed by atoms with van der Waals surface area (Å²) in [5.74, 6) is 1.81. The molecular weight excluding hydrogens is 350 g/mol. The Hall–Kier alpha value is -1.77. The molecule has 2 aromatic rings. The van der Waals surface area contributed by atoms with E-state index in [2.05, 4.69) is 27.3 Å². The average molecular weight is 375 g/mol. The highest BCUT2D eigenvalue weighted by atomic mass is 32.1. The van der Waals surface area contributed by atoms with E-state index in [0.29, 0.717) is 30.2 Å². The van der Waals surface area contributed by atoms with Crippen LogP contribution in [-0.2, 0) is 11.3 Å². The fraction of sp³-hybridized carbons (Fsp3) is 0.611. The first-order chi connectivity index (χ1) is 12.7. The quantitative estimate of drug-likeness (QED) is 0.879. The molecule has 2 fully saturated rings. The summed E-state index contributed by atoms with van der Waals surface area (Å²) in [6.07, 6.45) is 1.91. The molecule has 2 saturated heterocycles. The van der Waals surface area contributed by atoms with Crippen LogP contribution in [0.3, 0.4) is 0 Å². The van der Waals surface area contributed by atoms with E-state index in [0.717, 1.165) is 50.4 Å². The van der Waals surface area contributed by atoms with E-state index >= 15 is 0 Å². The van der Waals surface area contributed by atoms with Crippen LogP contribution in [0.1, 0.15) is 25.7 Å². The lowest BCUT2D eigenvalue weighted by molar-refractivity contribution is -0.138. The van der Waals surface area contributed by atoms with Gasteiger partial charge in [0.15, 0.2) is 0 Å². The molecule has 4 rings (SSSR count). The molecule has 26 heavy (non-hydrogen) atoms. The molecule has 1 N–H and O–H groups in total. The lowest BCUT2D eigenvalue weighted by atomic mass is 9.92. The Bertz CT molecular complexity index is 724. The molecule has 2 atom stereocenters. The number of thiophene rings is 1. The summed E-state index contributed by atoms with van der Waals surface area (Å²) in [4.78, 5) is 22.6. The fourth-order valence-corrected chi connectivity index (χ4v) is 4.41. The monoisotopic (exact) mass is 375 g/mol. The summed E-state index contributed by atoms with van der Waals surface area (Å²) in [6.45, 7) is 7.01. The van der Waals surface area contributed by atoms with Gasteiger partial charge >= 0.3 is 0 Å². The third-order valence-electron chi connectivity index (χ3n) is 5.23. The highest BCUT2D eigenvalue weighted by Gasteiger charge is 2.30. The minimum Gasteiger partial charge on any atom is -0.340 e. The van der Waals surface area contributed by atoms with Crippen LogP contribution < -0.4 is 5.32 Å². The van der Waals surface area contributed by atoms with Crippen molar-refractivity contribution in [2.75, 3.05) is 32.7 Å². The van der Waals surface area contributed by atoms with Crippen molar-refractivity contribution in [2.45, 2.75) is 32.4 Å². The Balaban J connectivity index is 1.28. The van der Waals surface area contributed by atoms with Gasteiger partial charge < -0.3 is 14.7 Å². The molecule has 2 aliphatic rings. The first-order valence-electron chi connectivity index (χ1n) is 9.30. The Morgan fingerprint density at radius 1 is 1.38 bits per heavy atom. The Morgan fingerprint density at radius 3 is 2.96 bits per heavy atom. The third-order valence-corrected chi connectivity index (χ3v) is 6.09. The molecule has 0 radical (unpaired) electrons. The smallest absolute Gasteiger partial charge is 0.241 e. The molecule has 8 heteroatoms. The topological polar surface area (TPSA) is 74.5 Å². The molecule has 0 saturated carbocycles. The van der Waals surface area contributed by atoms with E-state index in [1.165, 1.54) is 0 Å². The molecule has 140 valence electrons. The van der Waals surface area contributed by atoms with Crippen molar-refractivity contribution in [2.24, 2.45) is 5.92 Å². The summed E-state index contributed by atoms with van der Waals surface area (Å²) >= 11 is 1.61. The van der Waals surface area contributed by atoms with Crippen molar-refractivity contribution < 1.29 is 9.32 Å². The van der Waals surface area contributed by atoms with Crippen LogP contribution in [0.4, 0.5) is 0 Å². The van der Waals surface area contributed by atoms with Crippen molar-refractivity contribution in [3.05, 3.63) is 23.4 Å². The minimum atomic E-state index is 0.182. The maximum absolute atomic E-state index is 12.7. The first-order valence-corrected chi connectivity index (χ1v) is 10.2. The lowest BCUT2D eigenvalue weighted by Gasteiger charge is -2.37. The second kappa shape index (κ2) is 7.85. The summed E-state index contributed by atoms with van der Waals surface area (Å²) < 4.78 is 5.39. The molecule has 0 aromatic carbocycles.